The van der Waals surface area contributed by atoms with E-state index in [9.17, 15) is 9.18 Å². The molecule has 0 heterocycles. The van der Waals surface area contributed by atoms with E-state index in [2.05, 4.69) is 5.32 Å². The Morgan fingerprint density at radius 1 is 1.16 bits per heavy atom. The molecule has 19 heavy (non-hydrogen) atoms. The molecular formula is C15H15FN2O. The third-order valence-corrected chi connectivity index (χ3v) is 2.79. The minimum atomic E-state index is -0.267. The van der Waals surface area contributed by atoms with E-state index in [1.54, 1.807) is 30.3 Å². The first kappa shape index (κ1) is 13.1. The van der Waals surface area contributed by atoms with Crippen molar-refractivity contribution in [3.63, 3.8) is 0 Å². The van der Waals surface area contributed by atoms with Gasteiger partial charge in [0.1, 0.15) is 5.82 Å². The number of para-hydroxylation sites is 1. The standard InChI is InChI=1S/C15H15FN2O/c16-12-5-3-4-11(10-12)8-9-18-15(19)13-6-1-2-7-14(13)17/h1-7,10H,8-9,17H2,(H,18,19). The summed E-state index contributed by atoms with van der Waals surface area (Å²) in [5, 5.41) is 2.77. The molecule has 0 radical (unpaired) electrons. The average molecular weight is 258 g/mol. The summed E-state index contributed by atoms with van der Waals surface area (Å²) in [5.74, 6) is -0.481. The van der Waals surface area contributed by atoms with Gasteiger partial charge in [-0.15, -0.1) is 0 Å². The zero-order valence-electron chi connectivity index (χ0n) is 10.4. The molecule has 0 saturated carbocycles. The largest absolute Gasteiger partial charge is 0.398 e. The van der Waals surface area contributed by atoms with E-state index in [4.69, 9.17) is 5.73 Å². The fraction of sp³-hybridized carbons (Fsp3) is 0.133. The maximum Gasteiger partial charge on any atom is 0.253 e. The van der Waals surface area contributed by atoms with Crippen LogP contribution < -0.4 is 11.1 Å². The van der Waals surface area contributed by atoms with Crippen molar-refractivity contribution in [2.45, 2.75) is 6.42 Å². The van der Waals surface area contributed by atoms with Crippen LogP contribution in [0.15, 0.2) is 48.5 Å². The highest BCUT2D eigenvalue weighted by Crippen LogP contribution is 2.10. The second-order valence-corrected chi connectivity index (χ2v) is 4.22. The zero-order valence-corrected chi connectivity index (χ0v) is 10.4. The number of carbonyl (C=O) groups excluding carboxylic acids is 1. The molecule has 2 aromatic rings. The lowest BCUT2D eigenvalue weighted by Gasteiger charge is -2.07. The van der Waals surface area contributed by atoms with Crippen LogP contribution in [0.1, 0.15) is 15.9 Å². The SMILES string of the molecule is Nc1ccccc1C(=O)NCCc1cccc(F)c1. The molecule has 1 amide bonds. The number of rotatable bonds is 4. The predicted octanol–water partition coefficient (Wildman–Crippen LogP) is 2.38. The molecule has 0 aromatic heterocycles. The van der Waals surface area contributed by atoms with Gasteiger partial charge in [-0.3, -0.25) is 4.79 Å². The van der Waals surface area contributed by atoms with Gasteiger partial charge in [-0.25, -0.2) is 4.39 Å². The summed E-state index contributed by atoms with van der Waals surface area (Å²) in [6.07, 6.45) is 0.580. The Morgan fingerprint density at radius 3 is 2.68 bits per heavy atom. The Bertz CT molecular complexity index is 584. The van der Waals surface area contributed by atoms with Crippen molar-refractivity contribution in [2.75, 3.05) is 12.3 Å². The second kappa shape index (κ2) is 6.00. The van der Waals surface area contributed by atoms with Gasteiger partial charge >= 0.3 is 0 Å². The van der Waals surface area contributed by atoms with E-state index in [0.717, 1.165) is 5.56 Å². The van der Waals surface area contributed by atoms with Crippen molar-refractivity contribution >= 4 is 11.6 Å². The van der Waals surface area contributed by atoms with Crippen LogP contribution in [-0.2, 0) is 6.42 Å². The van der Waals surface area contributed by atoms with Gasteiger partial charge in [0.25, 0.3) is 5.91 Å². The molecular weight excluding hydrogens is 243 g/mol. The number of nitrogen functional groups attached to an aromatic ring is 1. The lowest BCUT2D eigenvalue weighted by atomic mass is 10.1. The van der Waals surface area contributed by atoms with Gasteiger partial charge in [0.15, 0.2) is 0 Å². The van der Waals surface area contributed by atoms with Crippen molar-refractivity contribution in [1.29, 1.82) is 0 Å². The second-order valence-electron chi connectivity index (χ2n) is 4.22. The molecule has 3 N–H and O–H groups in total. The Morgan fingerprint density at radius 2 is 1.95 bits per heavy atom. The van der Waals surface area contributed by atoms with Crippen molar-refractivity contribution in [3.05, 3.63) is 65.5 Å². The van der Waals surface area contributed by atoms with Crippen LogP contribution >= 0.6 is 0 Å². The van der Waals surface area contributed by atoms with E-state index in [0.29, 0.717) is 24.2 Å². The van der Waals surface area contributed by atoms with Crippen molar-refractivity contribution in [2.24, 2.45) is 0 Å². The molecule has 0 aliphatic carbocycles. The van der Waals surface area contributed by atoms with Crippen LogP contribution in [0.5, 0.6) is 0 Å². The Labute approximate surface area is 111 Å². The van der Waals surface area contributed by atoms with Crippen LogP contribution in [0.25, 0.3) is 0 Å². The number of carbonyl (C=O) groups is 1. The van der Waals surface area contributed by atoms with Gasteiger partial charge in [-0.1, -0.05) is 24.3 Å². The minimum absolute atomic E-state index is 0.213. The average Bonchev–Trinajstić information content (AvgIpc) is 2.39. The summed E-state index contributed by atoms with van der Waals surface area (Å²) >= 11 is 0. The smallest absolute Gasteiger partial charge is 0.253 e. The number of hydrogen-bond acceptors (Lipinski definition) is 2. The third kappa shape index (κ3) is 3.55. The lowest BCUT2D eigenvalue weighted by Crippen LogP contribution is -2.26. The third-order valence-electron chi connectivity index (χ3n) is 2.79. The van der Waals surface area contributed by atoms with Gasteiger partial charge in [-0.05, 0) is 36.2 Å². The van der Waals surface area contributed by atoms with E-state index >= 15 is 0 Å². The molecule has 0 fully saturated rings. The number of hydrogen-bond donors (Lipinski definition) is 2. The van der Waals surface area contributed by atoms with Gasteiger partial charge in [0, 0.05) is 12.2 Å². The summed E-state index contributed by atoms with van der Waals surface area (Å²) < 4.78 is 13.0. The summed E-state index contributed by atoms with van der Waals surface area (Å²) in [4.78, 5) is 11.9. The zero-order chi connectivity index (χ0) is 13.7. The maximum absolute atomic E-state index is 13.0. The van der Waals surface area contributed by atoms with Crippen molar-refractivity contribution in [1.82, 2.24) is 5.32 Å². The normalized spacial score (nSPS) is 10.2. The number of nitrogens with two attached hydrogens (primary N) is 1. The molecule has 3 nitrogen and oxygen atoms in total. The van der Waals surface area contributed by atoms with E-state index < -0.39 is 0 Å². The molecule has 4 heteroatoms. The minimum Gasteiger partial charge on any atom is -0.398 e. The highest BCUT2D eigenvalue weighted by Gasteiger charge is 2.07. The molecule has 0 aliphatic heterocycles. The quantitative estimate of drug-likeness (QED) is 0.827. The van der Waals surface area contributed by atoms with Crippen LogP contribution in [-0.4, -0.2) is 12.5 Å². The number of anilines is 1. The van der Waals surface area contributed by atoms with Crippen LogP contribution in [0, 0.1) is 5.82 Å². The first-order chi connectivity index (χ1) is 9.16. The Hall–Kier alpha value is -2.36. The highest BCUT2D eigenvalue weighted by atomic mass is 19.1. The summed E-state index contributed by atoms with van der Waals surface area (Å²) in [5.41, 5.74) is 7.47. The van der Waals surface area contributed by atoms with E-state index in [1.807, 2.05) is 6.07 Å². The molecule has 0 spiro atoms. The molecule has 98 valence electrons. The molecule has 0 saturated heterocycles. The van der Waals surface area contributed by atoms with Crippen molar-refractivity contribution in [3.8, 4) is 0 Å². The van der Waals surface area contributed by atoms with Crippen LogP contribution in [0.3, 0.4) is 0 Å². The fourth-order valence-electron chi connectivity index (χ4n) is 1.81. The first-order valence-corrected chi connectivity index (χ1v) is 6.04. The molecule has 0 aliphatic rings. The van der Waals surface area contributed by atoms with Gasteiger partial charge < -0.3 is 11.1 Å². The van der Waals surface area contributed by atoms with Crippen LogP contribution in [0.2, 0.25) is 0 Å². The fourth-order valence-corrected chi connectivity index (χ4v) is 1.81. The maximum atomic E-state index is 13.0. The van der Waals surface area contributed by atoms with Gasteiger partial charge in [-0.2, -0.15) is 0 Å². The summed E-state index contributed by atoms with van der Waals surface area (Å²) in [6.45, 7) is 0.441. The topological polar surface area (TPSA) is 55.1 Å². The molecule has 2 aromatic carbocycles. The summed E-state index contributed by atoms with van der Waals surface area (Å²) in [6, 6.07) is 13.2. The van der Waals surface area contributed by atoms with E-state index in [-0.39, 0.29) is 11.7 Å². The number of halogens is 1. The molecule has 0 unspecified atom stereocenters. The highest BCUT2D eigenvalue weighted by molar-refractivity contribution is 5.99. The number of nitrogens with one attached hydrogen (secondary N) is 1. The van der Waals surface area contributed by atoms with Gasteiger partial charge in [0.2, 0.25) is 0 Å². The Kier molecular flexibility index (Phi) is 4.13. The van der Waals surface area contributed by atoms with E-state index in [1.165, 1.54) is 12.1 Å². The summed E-state index contributed by atoms with van der Waals surface area (Å²) in [7, 11) is 0. The van der Waals surface area contributed by atoms with Gasteiger partial charge in [0.05, 0.1) is 5.56 Å². The Balaban J connectivity index is 1.90. The lowest BCUT2D eigenvalue weighted by molar-refractivity contribution is 0.0955. The molecule has 2 rings (SSSR count). The first-order valence-electron chi connectivity index (χ1n) is 6.04. The van der Waals surface area contributed by atoms with Crippen LogP contribution in [0.4, 0.5) is 10.1 Å². The molecule has 0 bridgehead atoms. The number of benzene rings is 2. The van der Waals surface area contributed by atoms with Crippen molar-refractivity contribution < 1.29 is 9.18 Å². The monoisotopic (exact) mass is 258 g/mol. The molecule has 0 atom stereocenters. The predicted molar refractivity (Wildman–Crippen MR) is 73.3 cm³/mol. The number of amides is 1.